The van der Waals surface area contributed by atoms with Gasteiger partial charge in [0.1, 0.15) is 0 Å². The van der Waals surface area contributed by atoms with Crippen LogP contribution in [0.1, 0.15) is 90.4 Å². The predicted octanol–water partition coefficient (Wildman–Crippen LogP) is 3.68. The zero-order valence-corrected chi connectivity index (χ0v) is 15.7. The average molecular weight is 344 g/mol. The van der Waals surface area contributed by atoms with E-state index in [4.69, 9.17) is 10.8 Å². The van der Waals surface area contributed by atoms with Crippen LogP contribution in [-0.2, 0) is 0 Å². The minimum absolute atomic E-state index is 0.309. The van der Waals surface area contributed by atoms with E-state index >= 15 is 0 Å². The molecule has 4 heteroatoms. The van der Waals surface area contributed by atoms with Crippen molar-refractivity contribution in [2.24, 2.45) is 5.73 Å². The van der Waals surface area contributed by atoms with Crippen LogP contribution < -0.4 is 5.73 Å². The molecule has 0 fully saturated rings. The molecule has 144 valence electrons. The summed E-state index contributed by atoms with van der Waals surface area (Å²) in [6.07, 6.45) is 18.1. The maximum absolute atomic E-state index is 9.75. The molecule has 5 N–H and O–H groups in total. The third-order valence-electron chi connectivity index (χ3n) is 4.56. The van der Waals surface area contributed by atoms with E-state index in [9.17, 15) is 10.2 Å². The van der Waals surface area contributed by atoms with Gasteiger partial charge in [-0.1, -0.05) is 70.4 Å². The minimum atomic E-state index is -1.04. The van der Waals surface area contributed by atoms with E-state index in [1.165, 1.54) is 57.8 Å². The van der Waals surface area contributed by atoms with E-state index < -0.39 is 18.2 Å². The molecule has 0 spiro atoms. The molecule has 0 bridgehead atoms. The number of hydrogen-bond donors (Lipinski definition) is 4. The zero-order chi connectivity index (χ0) is 18.0. The van der Waals surface area contributed by atoms with Crippen molar-refractivity contribution in [3.05, 3.63) is 12.2 Å². The lowest BCUT2D eigenvalue weighted by atomic mass is 10.0. The fourth-order valence-corrected chi connectivity index (χ4v) is 2.82. The lowest BCUT2D eigenvalue weighted by Gasteiger charge is -2.21. The monoisotopic (exact) mass is 343 g/mol. The average Bonchev–Trinajstić information content (AvgIpc) is 2.60. The quantitative estimate of drug-likeness (QED) is 0.240. The molecule has 0 saturated carbocycles. The van der Waals surface area contributed by atoms with Crippen molar-refractivity contribution in [3.63, 3.8) is 0 Å². The molecule has 0 saturated heterocycles. The van der Waals surface area contributed by atoms with Crippen LogP contribution in [0.3, 0.4) is 0 Å². The van der Waals surface area contributed by atoms with E-state index in [-0.39, 0.29) is 6.61 Å². The molecule has 0 aromatic rings. The number of allylic oxidation sites excluding steroid dienone is 2. The third-order valence-corrected chi connectivity index (χ3v) is 4.56. The summed E-state index contributed by atoms with van der Waals surface area (Å²) in [6, 6.07) is -0.762. The molecule has 4 nitrogen and oxygen atoms in total. The van der Waals surface area contributed by atoms with Gasteiger partial charge < -0.3 is 21.1 Å². The van der Waals surface area contributed by atoms with Crippen molar-refractivity contribution in [2.75, 3.05) is 6.61 Å². The molecule has 0 unspecified atom stereocenters. The lowest BCUT2D eigenvalue weighted by Crippen LogP contribution is -2.45. The number of nitrogens with two attached hydrogens (primary N) is 1. The molecule has 0 radical (unpaired) electrons. The fraction of sp³-hybridized carbons (Fsp3) is 0.900. The second kappa shape index (κ2) is 17.4. The van der Waals surface area contributed by atoms with Crippen molar-refractivity contribution < 1.29 is 15.3 Å². The summed E-state index contributed by atoms with van der Waals surface area (Å²) in [5, 5.41) is 28.2. The molecule has 0 aliphatic heterocycles. The fourth-order valence-electron chi connectivity index (χ4n) is 2.82. The van der Waals surface area contributed by atoms with Gasteiger partial charge in [0.2, 0.25) is 0 Å². The van der Waals surface area contributed by atoms with Gasteiger partial charge in [-0.15, -0.1) is 0 Å². The summed E-state index contributed by atoms with van der Waals surface area (Å²) in [5.41, 5.74) is 5.49. The molecule has 0 heterocycles. The first-order valence-electron chi connectivity index (χ1n) is 10.0. The second-order valence-electron chi connectivity index (χ2n) is 6.92. The zero-order valence-electron chi connectivity index (χ0n) is 15.7. The van der Waals surface area contributed by atoms with Crippen molar-refractivity contribution in [3.8, 4) is 0 Å². The van der Waals surface area contributed by atoms with Gasteiger partial charge in [0.05, 0.1) is 24.9 Å². The van der Waals surface area contributed by atoms with Gasteiger partial charge >= 0.3 is 0 Å². The Labute approximate surface area is 149 Å². The Morgan fingerprint density at radius 3 is 1.83 bits per heavy atom. The molecular weight excluding hydrogens is 302 g/mol. The first kappa shape index (κ1) is 23.6. The summed E-state index contributed by atoms with van der Waals surface area (Å²) in [5.74, 6) is 0. The van der Waals surface area contributed by atoms with E-state index in [0.29, 0.717) is 6.42 Å². The Bertz CT molecular complexity index is 284. The largest absolute Gasteiger partial charge is 0.395 e. The van der Waals surface area contributed by atoms with Crippen LogP contribution in [-0.4, -0.2) is 40.2 Å². The van der Waals surface area contributed by atoms with Gasteiger partial charge in [-0.25, -0.2) is 0 Å². The molecule has 24 heavy (non-hydrogen) atoms. The molecule has 0 aromatic carbocycles. The standard InChI is InChI=1S/C20H41NO3/c1-2-3-4-5-6-7-8-9-10-11-12-13-14-15-16-19(23)20(24)18(21)17-22/h12-13,18-20,22-24H,2-11,14-17,21H2,1H3/b13-12+/t18-,19+,20-/m0/s1. The Kier molecular flexibility index (Phi) is 17.1. The predicted molar refractivity (Wildman–Crippen MR) is 102 cm³/mol. The molecule has 3 atom stereocenters. The summed E-state index contributed by atoms with van der Waals surface area (Å²) >= 11 is 0. The summed E-state index contributed by atoms with van der Waals surface area (Å²) in [6.45, 7) is 1.95. The van der Waals surface area contributed by atoms with E-state index in [1.54, 1.807) is 0 Å². The molecule has 0 rings (SSSR count). The van der Waals surface area contributed by atoms with Crippen molar-refractivity contribution in [1.82, 2.24) is 0 Å². The van der Waals surface area contributed by atoms with Gasteiger partial charge in [-0.2, -0.15) is 0 Å². The van der Waals surface area contributed by atoms with Crippen LogP contribution in [0.15, 0.2) is 12.2 Å². The highest BCUT2D eigenvalue weighted by molar-refractivity contribution is 4.83. The topological polar surface area (TPSA) is 86.7 Å². The maximum atomic E-state index is 9.75. The highest BCUT2D eigenvalue weighted by Gasteiger charge is 2.21. The number of rotatable bonds is 17. The van der Waals surface area contributed by atoms with Crippen molar-refractivity contribution in [2.45, 2.75) is 109 Å². The summed E-state index contributed by atoms with van der Waals surface area (Å²) in [4.78, 5) is 0. The maximum Gasteiger partial charge on any atom is 0.0971 e. The van der Waals surface area contributed by atoms with Gasteiger partial charge in [-0.3, -0.25) is 0 Å². The number of aliphatic hydroxyl groups excluding tert-OH is 3. The summed E-state index contributed by atoms with van der Waals surface area (Å²) in [7, 11) is 0. The smallest absolute Gasteiger partial charge is 0.0971 e. The number of unbranched alkanes of at least 4 members (excludes halogenated alkanes) is 10. The van der Waals surface area contributed by atoms with Crippen LogP contribution >= 0.6 is 0 Å². The van der Waals surface area contributed by atoms with Crippen LogP contribution in [0, 0.1) is 0 Å². The number of aliphatic hydroxyl groups is 3. The van der Waals surface area contributed by atoms with Crippen LogP contribution in [0.4, 0.5) is 0 Å². The van der Waals surface area contributed by atoms with Crippen molar-refractivity contribution in [1.29, 1.82) is 0 Å². The lowest BCUT2D eigenvalue weighted by molar-refractivity contribution is -0.0117. The molecule has 0 aromatic heterocycles. The molecular formula is C20H41NO3. The van der Waals surface area contributed by atoms with Crippen LogP contribution in [0.5, 0.6) is 0 Å². The highest BCUT2D eigenvalue weighted by Crippen LogP contribution is 2.11. The van der Waals surface area contributed by atoms with Gasteiger partial charge in [0.25, 0.3) is 0 Å². The highest BCUT2D eigenvalue weighted by atomic mass is 16.3. The Morgan fingerprint density at radius 1 is 0.792 bits per heavy atom. The SMILES string of the molecule is CCCCCCCCCCC/C=C/CCC[C@@H](O)[C@@H](O)[C@@H](N)CO. The van der Waals surface area contributed by atoms with E-state index in [1.807, 2.05) is 0 Å². The van der Waals surface area contributed by atoms with Crippen molar-refractivity contribution >= 4 is 0 Å². The Balaban J connectivity index is 3.35. The van der Waals surface area contributed by atoms with E-state index in [2.05, 4.69) is 19.1 Å². The Hall–Kier alpha value is -0.420. The molecule has 0 amide bonds. The second-order valence-corrected chi connectivity index (χ2v) is 6.92. The Morgan fingerprint density at radius 2 is 1.29 bits per heavy atom. The van der Waals surface area contributed by atoms with Gasteiger partial charge in [0, 0.05) is 0 Å². The molecule has 0 aliphatic carbocycles. The molecule has 0 aliphatic rings. The number of hydrogen-bond acceptors (Lipinski definition) is 4. The first-order chi connectivity index (χ1) is 11.6. The first-order valence-corrected chi connectivity index (χ1v) is 10.0. The third kappa shape index (κ3) is 14.0. The summed E-state index contributed by atoms with van der Waals surface area (Å²) < 4.78 is 0. The van der Waals surface area contributed by atoms with Crippen LogP contribution in [0.2, 0.25) is 0 Å². The van der Waals surface area contributed by atoms with Gasteiger partial charge in [0.15, 0.2) is 0 Å². The normalized spacial score (nSPS) is 15.7. The van der Waals surface area contributed by atoms with Gasteiger partial charge in [-0.05, 0) is 32.1 Å². The van der Waals surface area contributed by atoms with E-state index in [0.717, 1.165) is 19.3 Å². The minimum Gasteiger partial charge on any atom is -0.395 e. The van der Waals surface area contributed by atoms with Crippen LogP contribution in [0.25, 0.3) is 0 Å².